The first-order valence-corrected chi connectivity index (χ1v) is 49.2. The lowest BCUT2D eigenvalue weighted by Gasteiger charge is -2.34. The van der Waals surface area contributed by atoms with Crippen LogP contribution in [0.5, 0.6) is 28.7 Å². The van der Waals surface area contributed by atoms with Gasteiger partial charge in [0.25, 0.3) is 5.56 Å². The van der Waals surface area contributed by atoms with Crippen LogP contribution in [0.4, 0.5) is 40.4 Å². The minimum Gasteiger partial charge on any atom is -0.493 e. The summed E-state index contributed by atoms with van der Waals surface area (Å²) in [4.78, 5) is 116. The molecule has 4 N–H and O–H groups in total. The number of hydrogen-bond acceptors (Lipinski definition) is 33. The minimum atomic E-state index is -1.44. The lowest BCUT2D eigenvalue weighted by Crippen LogP contribution is -2.41. The molecule has 0 spiro atoms. The fraction of sp³-hybridized carbons (Fsp3) is 0.566. The molecule has 4 saturated heterocycles. The number of likely N-dealkylation sites (N-methyl/N-ethyl adjacent to an activating group) is 2. The molecule has 2 aliphatic carbocycles. The highest BCUT2D eigenvalue weighted by molar-refractivity contribution is 9.10. The van der Waals surface area contributed by atoms with Gasteiger partial charge in [0.1, 0.15) is 53.1 Å². The van der Waals surface area contributed by atoms with Crippen molar-refractivity contribution in [1.82, 2.24) is 89.8 Å². The first-order chi connectivity index (χ1) is 67.3. The number of methoxy groups -OCH3 is 5. The van der Waals surface area contributed by atoms with Gasteiger partial charge in [-0.1, -0.05) is 12.2 Å². The van der Waals surface area contributed by atoms with Crippen LogP contribution < -0.4 is 49.3 Å². The SMILES string of the molecule is CC(C)(C)OC(=O)N1CC=C(B2OC(C)(C)C(C)(C)O2)CC1.CN(CCO)c1ccc2nc(C3(F)CC3)[nH]c(=O)c2c1.COc1cnc(Cl)nc1Br.COc1cnc(Cl)nc1C1=CCN(C(=O)OC(C)(C)C)CC1.COc1cncnc1C1CCN(C(=O)OC(C)(C)C)CC1.COc1cncnc1C1CCN(c2nc(C3(F)CC3)nc3ccc(N(C)CCO)cc23)CC1.COc1cncnc1C1CCNCC1.Cl. The van der Waals surface area contributed by atoms with Gasteiger partial charge in [0, 0.05) is 114 Å². The molecular formula is C99H136BBrCl3F2N21O16. The number of halogens is 6. The summed E-state index contributed by atoms with van der Waals surface area (Å²) < 4.78 is 84.0. The number of anilines is 3. The van der Waals surface area contributed by atoms with Gasteiger partial charge in [0.05, 0.1) is 124 Å². The molecule has 0 unspecified atom stereocenters. The van der Waals surface area contributed by atoms with Crippen molar-refractivity contribution in [3.63, 3.8) is 0 Å². The van der Waals surface area contributed by atoms with Crippen molar-refractivity contribution in [2.45, 2.75) is 224 Å². The number of hydrogen-bond donors (Lipinski definition) is 4. The average Bonchev–Trinajstić information content (AvgIpc) is 1.54. The number of aromatic amines is 1. The number of alkyl halides is 2. The van der Waals surface area contributed by atoms with Crippen molar-refractivity contribution < 1.29 is 80.6 Å². The van der Waals surface area contributed by atoms with E-state index in [9.17, 15) is 33.1 Å². The topological polar surface area (TPSA) is 416 Å². The Morgan fingerprint density at radius 3 is 1.38 bits per heavy atom. The largest absolute Gasteiger partial charge is 0.493 e. The highest BCUT2D eigenvalue weighted by Crippen LogP contribution is 2.51. The third-order valence-corrected chi connectivity index (χ3v) is 25.9. The second-order valence-electron chi connectivity index (χ2n) is 39.4. The number of nitrogens with one attached hydrogen (secondary N) is 2. The molecule has 13 heterocycles. The second-order valence-corrected chi connectivity index (χ2v) is 40.8. The molecule has 44 heteroatoms. The summed E-state index contributed by atoms with van der Waals surface area (Å²) in [6, 6.07) is 11.2. The number of nitrogens with zero attached hydrogens (tertiary/aromatic N) is 19. The third-order valence-electron chi connectivity index (χ3n) is 25.0. The summed E-state index contributed by atoms with van der Waals surface area (Å²) in [5.41, 5.74) is 3.47. The van der Waals surface area contributed by atoms with E-state index in [2.05, 4.69) is 90.9 Å². The van der Waals surface area contributed by atoms with Crippen LogP contribution >= 0.6 is 51.5 Å². The Morgan fingerprint density at radius 2 is 0.958 bits per heavy atom. The van der Waals surface area contributed by atoms with Gasteiger partial charge < -0.3 is 97.1 Å². The van der Waals surface area contributed by atoms with Crippen LogP contribution in [0.3, 0.4) is 0 Å². The monoisotopic (exact) mass is 2110 g/mol. The minimum absolute atomic E-state index is 0. The maximum Gasteiger partial charge on any atom is 0.490 e. The maximum atomic E-state index is 15.0. The summed E-state index contributed by atoms with van der Waals surface area (Å²) >= 11 is 14.5. The molecular weight excluding hydrogens is 1970 g/mol. The van der Waals surface area contributed by atoms with Crippen LogP contribution in [-0.2, 0) is 34.9 Å². The van der Waals surface area contributed by atoms with Crippen LogP contribution in [0.15, 0.2) is 113 Å². The number of likely N-dealkylation sites (tertiary alicyclic amines) is 1. The predicted molar refractivity (Wildman–Crippen MR) is 550 cm³/mol. The molecule has 143 heavy (non-hydrogen) atoms. The molecule has 0 bridgehead atoms. The normalized spacial score (nSPS) is 17.4. The van der Waals surface area contributed by atoms with E-state index >= 15 is 0 Å². The fourth-order valence-corrected chi connectivity index (χ4v) is 16.8. The van der Waals surface area contributed by atoms with Crippen LogP contribution in [-0.4, -0.2) is 289 Å². The number of rotatable bonds is 19. The van der Waals surface area contributed by atoms with Gasteiger partial charge in [-0.05, 0) is 267 Å². The number of ether oxygens (including phenoxy) is 8. The van der Waals surface area contributed by atoms with E-state index < -0.39 is 28.1 Å². The Kier molecular flexibility index (Phi) is 40.5. The van der Waals surface area contributed by atoms with Crippen LogP contribution in [0.2, 0.25) is 10.6 Å². The van der Waals surface area contributed by atoms with E-state index in [0.29, 0.717) is 141 Å². The van der Waals surface area contributed by atoms with Gasteiger partial charge in [-0.2, -0.15) is 0 Å². The molecule has 3 amide bonds. The average molecular weight is 2110 g/mol. The smallest absolute Gasteiger partial charge is 0.490 e. The van der Waals surface area contributed by atoms with Gasteiger partial charge in [-0.25, -0.2) is 88.0 Å². The molecule has 37 nitrogen and oxygen atoms in total. The van der Waals surface area contributed by atoms with Crippen LogP contribution in [0.1, 0.15) is 219 Å². The molecule has 0 atom stereocenters. The van der Waals surface area contributed by atoms with E-state index in [1.54, 1.807) is 92.7 Å². The fourth-order valence-electron chi connectivity index (χ4n) is 16.0. The first-order valence-electron chi connectivity index (χ1n) is 47.6. The highest BCUT2D eigenvalue weighted by atomic mass is 79.9. The molecule has 7 aromatic heterocycles. The number of carbonyl (C=O) groups excluding carboxylic acids is 3. The van der Waals surface area contributed by atoms with Gasteiger partial charge in [-0.15, -0.1) is 12.4 Å². The van der Waals surface area contributed by atoms with Gasteiger partial charge in [0.2, 0.25) is 10.6 Å². The van der Waals surface area contributed by atoms with Crippen molar-refractivity contribution in [3.8, 4) is 28.7 Å². The number of piperidine rings is 3. The molecule has 778 valence electrons. The van der Waals surface area contributed by atoms with Gasteiger partial charge in [-0.3, -0.25) is 4.79 Å². The predicted octanol–water partition coefficient (Wildman–Crippen LogP) is 16.7. The highest BCUT2D eigenvalue weighted by Gasteiger charge is 2.53. The molecule has 6 fully saturated rings. The van der Waals surface area contributed by atoms with Crippen molar-refractivity contribution >= 4 is 122 Å². The Hall–Kier alpha value is -10.9. The summed E-state index contributed by atoms with van der Waals surface area (Å²) in [6.45, 7) is 33.3. The number of aliphatic hydroxyl groups excluding tert-OH is 2. The Balaban J connectivity index is 0.000000175. The summed E-state index contributed by atoms with van der Waals surface area (Å²) in [7, 11) is 11.5. The Morgan fingerprint density at radius 1 is 0.531 bits per heavy atom. The zero-order chi connectivity index (χ0) is 103. The zero-order valence-corrected chi connectivity index (χ0v) is 89.3. The summed E-state index contributed by atoms with van der Waals surface area (Å²) in [6.07, 6.45) is 25.0. The maximum absolute atomic E-state index is 15.0. The van der Waals surface area contributed by atoms with Crippen LogP contribution in [0.25, 0.3) is 27.4 Å². The van der Waals surface area contributed by atoms with Crippen molar-refractivity contribution in [2.75, 3.05) is 156 Å². The number of benzene rings is 2. The van der Waals surface area contributed by atoms with E-state index in [1.807, 2.05) is 150 Å². The molecule has 0 radical (unpaired) electrons. The number of amides is 3. The second kappa shape index (κ2) is 50.7. The lowest BCUT2D eigenvalue weighted by atomic mass is 9.75. The number of H-pyrrole nitrogens is 1. The quantitative estimate of drug-likeness (QED) is 0.0253. The number of aromatic nitrogens is 14. The third kappa shape index (κ3) is 31.8. The summed E-state index contributed by atoms with van der Waals surface area (Å²) in [5, 5.41) is 23.3. The van der Waals surface area contributed by atoms with E-state index in [4.69, 9.17) is 80.5 Å². The van der Waals surface area contributed by atoms with E-state index in [1.165, 1.54) is 19.6 Å². The lowest BCUT2D eigenvalue weighted by molar-refractivity contribution is 0.00578. The van der Waals surface area contributed by atoms with E-state index in [-0.39, 0.29) is 90.1 Å². The van der Waals surface area contributed by atoms with Crippen molar-refractivity contribution in [1.29, 1.82) is 0 Å². The summed E-state index contributed by atoms with van der Waals surface area (Å²) in [5.74, 6) is 5.69. The molecule has 2 saturated carbocycles. The van der Waals surface area contributed by atoms with Gasteiger partial charge >= 0.3 is 25.4 Å². The standard InChI is InChI=1S/C24H29FN6O2.C16H28BNO4.C15H20ClN3O3.C15H23N3O3.C14H16FN3O2.C10H15N3O.C5H4BrClN2O.ClH/c1-30(11-12-32)17-3-4-19-18(13-17)22(29-23(28-19)24(25)7-8-24)31-9-5-16(6-10-31)21-20(33-2)14-26-15-27-21;1-14(2,3)20-13(19)18-10-8-12(9-11-18)17-21-15(4,5)16(6,7)22-17;1-15(2,3)22-14(20)19-7-5-10(6-8-19)12-11(21-4)9-17-13(16)18-12;1-15(2,3)21-14(19)18-7-5-11(6-8-18)13-12(20-4)9-16-10-17-13;1-18(6-7-19)9-2-3-11-10(8-9)12(20)17-13(16-11)14(15)4-5-14;1-14-9-6-12-7-13-10(9)8-2-4-11-5-3-8;1-10-3-2-8-5(7)9-4(3)6;/h3-4,13-16,32H,5-12H2,1-2H3;8H,9-11H2,1-7H3;5,9H,6-8H2,1-4H3;9-11H,5-8H2,1-4H3;2-3,8,19H,4-7H2,1H3,(H,16,17,20);6-8,11H,2-5H2,1H3;2H,1H3;1H. The van der Waals surface area contributed by atoms with Crippen molar-refractivity contribution in [3.05, 3.63) is 164 Å². The van der Waals surface area contributed by atoms with E-state index in [0.717, 1.165) is 139 Å². The van der Waals surface area contributed by atoms with Crippen molar-refractivity contribution in [2.24, 2.45) is 0 Å². The molecule has 17 rings (SSSR count). The Bertz CT molecular complexity index is 5870. The van der Waals surface area contributed by atoms with Crippen LogP contribution in [0, 0.1) is 0 Å². The number of fused-ring (bicyclic) bond motifs is 2. The number of carbonyl (C=O) groups is 3. The number of aliphatic hydroxyl groups is 2. The molecule has 8 aliphatic rings. The molecule has 6 aliphatic heterocycles. The Labute approximate surface area is 859 Å². The first kappa shape index (κ1) is 114. The van der Waals surface area contributed by atoms with Gasteiger partial charge in [0.15, 0.2) is 50.5 Å². The molecule has 2 aromatic carbocycles. The molecule has 9 aromatic rings. The zero-order valence-electron chi connectivity index (χ0n) is 85.3.